The summed E-state index contributed by atoms with van der Waals surface area (Å²) < 4.78 is 5.51. The van der Waals surface area contributed by atoms with Crippen LogP contribution in [0.5, 0.6) is 0 Å². The van der Waals surface area contributed by atoms with Crippen molar-refractivity contribution in [2.75, 3.05) is 6.61 Å². The summed E-state index contributed by atoms with van der Waals surface area (Å²) in [6, 6.07) is 4.08. The third-order valence-corrected chi connectivity index (χ3v) is 4.02. The SMILES string of the molecule is CC1OCCC1Sc1ccc(CN)cn1. The minimum atomic E-state index is 0.339. The summed E-state index contributed by atoms with van der Waals surface area (Å²) in [6.07, 6.45) is 3.31. The molecule has 0 bridgehead atoms. The highest BCUT2D eigenvalue weighted by atomic mass is 32.2. The molecule has 0 amide bonds. The first-order valence-corrected chi connectivity index (χ1v) is 6.11. The topological polar surface area (TPSA) is 48.1 Å². The molecule has 0 spiro atoms. The van der Waals surface area contributed by atoms with Crippen molar-refractivity contribution in [1.29, 1.82) is 0 Å². The van der Waals surface area contributed by atoms with E-state index in [1.807, 2.05) is 18.3 Å². The fourth-order valence-corrected chi connectivity index (χ4v) is 2.68. The maximum atomic E-state index is 5.52. The van der Waals surface area contributed by atoms with Gasteiger partial charge in [0, 0.05) is 24.6 Å². The first-order chi connectivity index (χ1) is 7.29. The predicted molar refractivity (Wildman–Crippen MR) is 61.8 cm³/mol. The Bertz CT molecular complexity index is 315. The lowest BCUT2D eigenvalue weighted by Crippen LogP contribution is -2.13. The van der Waals surface area contributed by atoms with Crippen molar-refractivity contribution in [1.82, 2.24) is 4.98 Å². The van der Waals surface area contributed by atoms with Crippen LogP contribution in [0.25, 0.3) is 0 Å². The molecule has 0 radical (unpaired) electrons. The zero-order chi connectivity index (χ0) is 10.7. The molecule has 2 N–H and O–H groups in total. The second kappa shape index (κ2) is 4.96. The summed E-state index contributed by atoms with van der Waals surface area (Å²) in [6.45, 7) is 3.56. The van der Waals surface area contributed by atoms with Gasteiger partial charge in [0.1, 0.15) is 0 Å². The molecule has 82 valence electrons. The molecule has 15 heavy (non-hydrogen) atoms. The molecule has 2 atom stereocenters. The molecule has 0 aliphatic carbocycles. The highest BCUT2D eigenvalue weighted by Gasteiger charge is 2.25. The summed E-state index contributed by atoms with van der Waals surface area (Å²) in [4.78, 5) is 4.37. The van der Waals surface area contributed by atoms with E-state index in [9.17, 15) is 0 Å². The number of aromatic nitrogens is 1. The summed E-state index contributed by atoms with van der Waals surface area (Å²) >= 11 is 1.80. The number of ether oxygens (including phenoxy) is 1. The lowest BCUT2D eigenvalue weighted by molar-refractivity contribution is 0.127. The van der Waals surface area contributed by atoms with Gasteiger partial charge < -0.3 is 10.5 Å². The summed E-state index contributed by atoms with van der Waals surface area (Å²) in [7, 11) is 0. The van der Waals surface area contributed by atoms with E-state index in [0.717, 1.165) is 23.6 Å². The van der Waals surface area contributed by atoms with E-state index in [4.69, 9.17) is 10.5 Å². The molecular formula is C11H16N2OS. The highest BCUT2D eigenvalue weighted by molar-refractivity contribution is 7.99. The van der Waals surface area contributed by atoms with E-state index in [0.29, 0.717) is 17.9 Å². The summed E-state index contributed by atoms with van der Waals surface area (Å²) in [5.41, 5.74) is 6.60. The largest absolute Gasteiger partial charge is 0.377 e. The molecule has 2 heterocycles. The van der Waals surface area contributed by atoms with Crippen molar-refractivity contribution >= 4 is 11.8 Å². The van der Waals surface area contributed by atoms with Crippen LogP contribution in [0, 0.1) is 0 Å². The maximum absolute atomic E-state index is 5.52. The zero-order valence-corrected chi connectivity index (χ0v) is 9.67. The van der Waals surface area contributed by atoms with Gasteiger partial charge in [0.2, 0.25) is 0 Å². The van der Waals surface area contributed by atoms with Crippen LogP contribution in [0.2, 0.25) is 0 Å². The van der Waals surface area contributed by atoms with Crippen molar-refractivity contribution in [3.63, 3.8) is 0 Å². The van der Waals surface area contributed by atoms with Gasteiger partial charge in [-0.25, -0.2) is 4.98 Å². The van der Waals surface area contributed by atoms with Gasteiger partial charge >= 0.3 is 0 Å². The Kier molecular flexibility index (Phi) is 3.61. The van der Waals surface area contributed by atoms with Gasteiger partial charge in [-0.2, -0.15) is 0 Å². The Balaban J connectivity index is 1.98. The van der Waals surface area contributed by atoms with E-state index >= 15 is 0 Å². The monoisotopic (exact) mass is 224 g/mol. The summed E-state index contributed by atoms with van der Waals surface area (Å²) in [5.74, 6) is 0. The van der Waals surface area contributed by atoms with Gasteiger partial charge in [0.15, 0.2) is 0 Å². The Morgan fingerprint density at radius 3 is 3.00 bits per heavy atom. The molecule has 4 heteroatoms. The van der Waals surface area contributed by atoms with E-state index in [-0.39, 0.29) is 0 Å². The molecular weight excluding hydrogens is 208 g/mol. The second-order valence-electron chi connectivity index (χ2n) is 3.73. The van der Waals surface area contributed by atoms with Crippen molar-refractivity contribution in [3.8, 4) is 0 Å². The lowest BCUT2D eigenvalue weighted by Gasteiger charge is -2.12. The molecule has 3 nitrogen and oxygen atoms in total. The Hall–Kier alpha value is -0.580. The highest BCUT2D eigenvalue weighted by Crippen LogP contribution is 2.31. The fraction of sp³-hybridized carbons (Fsp3) is 0.545. The van der Waals surface area contributed by atoms with E-state index in [1.165, 1.54) is 0 Å². The summed E-state index contributed by atoms with van der Waals surface area (Å²) in [5, 5.41) is 1.61. The Morgan fingerprint density at radius 2 is 2.47 bits per heavy atom. The van der Waals surface area contributed by atoms with Gasteiger partial charge in [-0.05, 0) is 25.0 Å². The van der Waals surface area contributed by atoms with Crippen LogP contribution in [0.3, 0.4) is 0 Å². The van der Waals surface area contributed by atoms with E-state index in [2.05, 4.69) is 11.9 Å². The van der Waals surface area contributed by atoms with Crippen LogP contribution >= 0.6 is 11.8 Å². The quantitative estimate of drug-likeness (QED) is 0.850. The lowest BCUT2D eigenvalue weighted by atomic mass is 10.3. The van der Waals surface area contributed by atoms with Crippen molar-refractivity contribution in [2.24, 2.45) is 5.73 Å². The molecule has 2 rings (SSSR count). The molecule has 1 aromatic heterocycles. The van der Waals surface area contributed by atoms with Gasteiger partial charge in [-0.3, -0.25) is 0 Å². The maximum Gasteiger partial charge on any atom is 0.0963 e. The first-order valence-electron chi connectivity index (χ1n) is 5.23. The third-order valence-electron chi connectivity index (χ3n) is 2.61. The average molecular weight is 224 g/mol. The minimum absolute atomic E-state index is 0.339. The Labute approximate surface area is 94.4 Å². The van der Waals surface area contributed by atoms with Crippen LogP contribution in [0.15, 0.2) is 23.4 Å². The number of hydrogen-bond donors (Lipinski definition) is 1. The normalized spacial score (nSPS) is 25.7. The van der Waals surface area contributed by atoms with Crippen LogP contribution in [-0.4, -0.2) is 22.9 Å². The molecule has 1 aromatic rings. The molecule has 1 aliphatic heterocycles. The van der Waals surface area contributed by atoms with Crippen LogP contribution in [0.1, 0.15) is 18.9 Å². The predicted octanol–water partition coefficient (Wildman–Crippen LogP) is 1.81. The van der Waals surface area contributed by atoms with Gasteiger partial charge in [-0.15, -0.1) is 11.8 Å². The number of hydrogen-bond acceptors (Lipinski definition) is 4. The smallest absolute Gasteiger partial charge is 0.0963 e. The van der Waals surface area contributed by atoms with Gasteiger partial charge in [-0.1, -0.05) is 6.07 Å². The molecule has 0 aromatic carbocycles. The van der Waals surface area contributed by atoms with Gasteiger partial charge in [0.25, 0.3) is 0 Å². The number of nitrogens with zero attached hydrogens (tertiary/aromatic N) is 1. The van der Waals surface area contributed by atoms with Crippen LogP contribution < -0.4 is 5.73 Å². The number of nitrogens with two attached hydrogens (primary N) is 1. The number of pyridine rings is 1. The third kappa shape index (κ3) is 2.71. The first kappa shape index (κ1) is 10.9. The average Bonchev–Trinajstić information content (AvgIpc) is 2.66. The number of rotatable bonds is 3. The molecule has 1 fully saturated rings. The molecule has 2 unspecified atom stereocenters. The standard InChI is InChI=1S/C11H16N2OS/c1-8-10(4-5-14-8)15-11-3-2-9(6-12)7-13-11/h2-3,7-8,10H,4-6,12H2,1H3. The molecule has 0 saturated carbocycles. The van der Waals surface area contributed by atoms with E-state index < -0.39 is 0 Å². The Morgan fingerprint density at radius 1 is 1.60 bits per heavy atom. The molecule has 1 saturated heterocycles. The van der Waals surface area contributed by atoms with Crippen LogP contribution in [-0.2, 0) is 11.3 Å². The minimum Gasteiger partial charge on any atom is -0.377 e. The number of thioether (sulfide) groups is 1. The van der Waals surface area contributed by atoms with Crippen molar-refractivity contribution < 1.29 is 4.74 Å². The molecule has 1 aliphatic rings. The van der Waals surface area contributed by atoms with Crippen molar-refractivity contribution in [3.05, 3.63) is 23.9 Å². The fourth-order valence-electron chi connectivity index (χ4n) is 1.62. The second-order valence-corrected chi connectivity index (χ2v) is 4.99. The van der Waals surface area contributed by atoms with E-state index in [1.54, 1.807) is 11.8 Å². The van der Waals surface area contributed by atoms with Gasteiger partial charge in [0.05, 0.1) is 11.1 Å². The van der Waals surface area contributed by atoms with Crippen LogP contribution in [0.4, 0.5) is 0 Å². The zero-order valence-electron chi connectivity index (χ0n) is 8.85. The van der Waals surface area contributed by atoms with Crippen molar-refractivity contribution in [2.45, 2.75) is 36.3 Å².